The van der Waals surface area contributed by atoms with Crippen molar-refractivity contribution in [3.63, 3.8) is 0 Å². The number of rotatable bonds is 2. The number of carbonyl (C=O) groups excluding carboxylic acids is 1. The zero-order chi connectivity index (χ0) is 23.0. The Morgan fingerprint density at radius 3 is 2.64 bits per heavy atom. The van der Waals surface area contributed by atoms with Gasteiger partial charge in [0, 0.05) is 12.5 Å². The first kappa shape index (κ1) is 21.5. The van der Waals surface area contributed by atoms with Crippen molar-refractivity contribution in [2.75, 3.05) is 19.9 Å². The van der Waals surface area contributed by atoms with Gasteiger partial charge in [0.1, 0.15) is 6.10 Å². The molecule has 1 unspecified atom stereocenters. The predicted octanol–water partition coefficient (Wildman–Crippen LogP) is 4.50. The zero-order valence-corrected chi connectivity index (χ0v) is 20.2. The second-order valence-electron chi connectivity index (χ2n) is 11.4. The molecule has 0 aromatic heterocycles. The highest BCUT2D eigenvalue weighted by Crippen LogP contribution is 2.55. The summed E-state index contributed by atoms with van der Waals surface area (Å²) < 4.78 is 24.2. The van der Waals surface area contributed by atoms with E-state index in [-0.39, 0.29) is 35.9 Å². The summed E-state index contributed by atoms with van der Waals surface area (Å²) >= 11 is 0. The van der Waals surface area contributed by atoms with E-state index >= 15 is 0 Å². The van der Waals surface area contributed by atoms with Crippen molar-refractivity contribution in [1.82, 2.24) is 4.90 Å². The molecular weight excluding hydrogens is 418 g/mol. The first-order valence-electron chi connectivity index (χ1n) is 12.5. The van der Waals surface area contributed by atoms with E-state index in [1.807, 2.05) is 6.92 Å². The number of fused-ring (bicyclic) bond motifs is 3. The molecule has 1 aliphatic carbocycles. The second-order valence-corrected chi connectivity index (χ2v) is 11.4. The molecule has 6 rings (SSSR count). The molecule has 33 heavy (non-hydrogen) atoms. The van der Waals surface area contributed by atoms with Crippen LogP contribution in [0.2, 0.25) is 0 Å². The predicted molar refractivity (Wildman–Crippen MR) is 124 cm³/mol. The van der Waals surface area contributed by atoms with Crippen LogP contribution >= 0.6 is 0 Å². The molecule has 0 bridgehead atoms. The largest absolute Gasteiger partial charge is 0.455 e. The Morgan fingerprint density at radius 1 is 1.06 bits per heavy atom. The maximum absolute atomic E-state index is 13.6. The minimum Gasteiger partial charge on any atom is -0.455 e. The summed E-state index contributed by atoms with van der Waals surface area (Å²) in [5, 5.41) is 0. The summed E-state index contributed by atoms with van der Waals surface area (Å²) in [6.45, 7) is 10.5. The molecule has 6 nitrogen and oxygen atoms in total. The lowest BCUT2D eigenvalue weighted by atomic mass is 9.77. The molecule has 2 saturated heterocycles. The van der Waals surface area contributed by atoms with Crippen LogP contribution in [-0.2, 0) is 20.7 Å². The van der Waals surface area contributed by atoms with Crippen molar-refractivity contribution in [2.45, 2.75) is 95.0 Å². The molecule has 178 valence electrons. The summed E-state index contributed by atoms with van der Waals surface area (Å²) in [7, 11) is 0. The van der Waals surface area contributed by atoms with E-state index in [0.717, 1.165) is 62.3 Å². The fourth-order valence-corrected chi connectivity index (χ4v) is 7.15. The topological polar surface area (TPSA) is 57.2 Å². The van der Waals surface area contributed by atoms with Crippen LogP contribution in [0.15, 0.2) is 23.8 Å². The van der Waals surface area contributed by atoms with Crippen LogP contribution < -0.4 is 9.47 Å². The summed E-state index contributed by atoms with van der Waals surface area (Å²) in [5.41, 5.74) is 2.33. The lowest BCUT2D eigenvalue weighted by Crippen LogP contribution is -2.52. The first-order chi connectivity index (χ1) is 15.7. The van der Waals surface area contributed by atoms with Crippen LogP contribution in [0, 0.1) is 0 Å². The normalized spacial score (nSPS) is 36.4. The molecule has 5 aliphatic rings. The molecule has 1 aromatic carbocycles. The molecule has 4 aliphatic heterocycles. The second kappa shape index (κ2) is 7.22. The SMILES string of the molecule is CC1=C[C@]23CCCN2CCc2cc4c(cc2[C@@H]3C1OC(=O)[C@]1(C)CCCC(C)(C)O1)OCO4. The number of ether oxygens (including phenoxy) is 4. The third kappa shape index (κ3) is 3.24. The van der Waals surface area contributed by atoms with E-state index in [9.17, 15) is 4.79 Å². The maximum Gasteiger partial charge on any atom is 0.338 e. The molecule has 1 spiro atoms. The monoisotopic (exact) mass is 453 g/mol. The first-order valence-corrected chi connectivity index (χ1v) is 12.5. The molecule has 0 saturated carbocycles. The average molecular weight is 454 g/mol. The van der Waals surface area contributed by atoms with Crippen molar-refractivity contribution in [3.8, 4) is 11.5 Å². The van der Waals surface area contributed by atoms with Gasteiger partial charge in [-0.3, -0.25) is 4.90 Å². The summed E-state index contributed by atoms with van der Waals surface area (Å²) in [4.78, 5) is 16.2. The Kier molecular flexibility index (Phi) is 4.70. The number of hydrogen-bond donors (Lipinski definition) is 0. The molecule has 0 radical (unpaired) electrons. The van der Waals surface area contributed by atoms with Gasteiger partial charge in [-0.2, -0.15) is 0 Å². The van der Waals surface area contributed by atoms with Crippen molar-refractivity contribution in [2.24, 2.45) is 0 Å². The van der Waals surface area contributed by atoms with E-state index in [2.05, 4.69) is 43.9 Å². The highest BCUT2D eigenvalue weighted by molar-refractivity contribution is 5.80. The number of nitrogens with zero attached hydrogens (tertiary/aromatic N) is 1. The van der Waals surface area contributed by atoms with Gasteiger partial charge >= 0.3 is 5.97 Å². The minimum atomic E-state index is -0.907. The molecular formula is C27H35NO5. The Balaban J connectivity index is 1.39. The Hall–Kier alpha value is -2.05. The Bertz CT molecular complexity index is 1030. The van der Waals surface area contributed by atoms with Gasteiger partial charge in [0.05, 0.1) is 11.1 Å². The van der Waals surface area contributed by atoms with Crippen LogP contribution in [0.1, 0.15) is 76.8 Å². The molecule has 0 amide bonds. The van der Waals surface area contributed by atoms with Gasteiger partial charge < -0.3 is 18.9 Å². The number of hydrogen-bond acceptors (Lipinski definition) is 6. The zero-order valence-electron chi connectivity index (χ0n) is 20.2. The molecule has 4 heterocycles. The number of carbonyl (C=O) groups is 1. The van der Waals surface area contributed by atoms with E-state index in [1.54, 1.807) is 0 Å². The lowest BCUT2D eigenvalue weighted by Gasteiger charge is -2.43. The fourth-order valence-electron chi connectivity index (χ4n) is 7.15. The molecule has 4 atom stereocenters. The van der Waals surface area contributed by atoms with Crippen LogP contribution in [0.3, 0.4) is 0 Å². The summed E-state index contributed by atoms with van der Waals surface area (Å²) in [6, 6.07) is 4.30. The van der Waals surface area contributed by atoms with Crippen LogP contribution in [-0.4, -0.2) is 53.6 Å². The van der Waals surface area contributed by atoms with Gasteiger partial charge in [0.2, 0.25) is 6.79 Å². The third-order valence-electron chi connectivity index (χ3n) is 8.58. The summed E-state index contributed by atoms with van der Waals surface area (Å²) in [5.74, 6) is 1.44. The minimum absolute atomic E-state index is 0.0520. The van der Waals surface area contributed by atoms with Crippen molar-refractivity contribution >= 4 is 5.97 Å². The average Bonchev–Trinajstić information content (AvgIpc) is 3.41. The van der Waals surface area contributed by atoms with E-state index in [4.69, 9.17) is 18.9 Å². The highest BCUT2D eigenvalue weighted by Gasteiger charge is 2.57. The van der Waals surface area contributed by atoms with Crippen molar-refractivity contribution in [1.29, 1.82) is 0 Å². The van der Waals surface area contributed by atoms with Gasteiger partial charge in [0.25, 0.3) is 0 Å². The van der Waals surface area contributed by atoms with Crippen LogP contribution in [0.25, 0.3) is 0 Å². The smallest absolute Gasteiger partial charge is 0.338 e. The molecule has 1 aromatic rings. The van der Waals surface area contributed by atoms with E-state index < -0.39 is 5.60 Å². The van der Waals surface area contributed by atoms with Crippen molar-refractivity contribution in [3.05, 3.63) is 34.9 Å². The number of benzene rings is 1. The van der Waals surface area contributed by atoms with Gasteiger partial charge in [-0.1, -0.05) is 6.08 Å². The Labute approximate surface area is 196 Å². The molecule has 2 fully saturated rings. The fraction of sp³-hybridized carbons (Fsp3) is 0.667. The number of esters is 1. The Morgan fingerprint density at radius 2 is 1.85 bits per heavy atom. The molecule has 6 heteroatoms. The third-order valence-corrected chi connectivity index (χ3v) is 8.58. The van der Waals surface area contributed by atoms with Crippen LogP contribution in [0.4, 0.5) is 0 Å². The van der Waals surface area contributed by atoms with Gasteiger partial charge in [-0.15, -0.1) is 0 Å². The maximum atomic E-state index is 13.6. The lowest BCUT2D eigenvalue weighted by molar-refractivity contribution is -0.206. The van der Waals surface area contributed by atoms with E-state index in [0.29, 0.717) is 6.42 Å². The van der Waals surface area contributed by atoms with Gasteiger partial charge in [0.15, 0.2) is 17.1 Å². The van der Waals surface area contributed by atoms with E-state index in [1.165, 1.54) is 11.1 Å². The standard InChI is InChI=1S/C27H35NO5/c1-17-15-27-10-6-11-28(27)12-7-18-13-20-21(31-16-30-20)14-19(18)22(27)23(17)32-24(29)26(4)9-5-8-25(2,3)33-26/h13-15,22-23H,5-12,16H2,1-4H3/t22-,23?,26+,27+/m1/s1. The van der Waals surface area contributed by atoms with Crippen molar-refractivity contribution < 1.29 is 23.7 Å². The quantitative estimate of drug-likeness (QED) is 0.486. The van der Waals surface area contributed by atoms with Crippen LogP contribution in [0.5, 0.6) is 11.5 Å². The highest BCUT2D eigenvalue weighted by atomic mass is 16.7. The van der Waals surface area contributed by atoms with Gasteiger partial charge in [-0.25, -0.2) is 4.79 Å². The summed E-state index contributed by atoms with van der Waals surface area (Å²) in [6.07, 6.45) is 7.92. The molecule has 0 N–H and O–H groups in total. The van der Waals surface area contributed by atoms with Gasteiger partial charge in [-0.05, 0) is 102 Å².